The maximum Gasteiger partial charge on any atom is 0.165 e. The summed E-state index contributed by atoms with van der Waals surface area (Å²) < 4.78 is 0. The summed E-state index contributed by atoms with van der Waals surface area (Å²) >= 11 is 6.39. The zero-order chi connectivity index (χ0) is 19.5. The van der Waals surface area contributed by atoms with Crippen molar-refractivity contribution >= 4 is 23.5 Å². The molecule has 0 saturated heterocycles. The van der Waals surface area contributed by atoms with Gasteiger partial charge in [0.05, 0.1) is 0 Å². The van der Waals surface area contributed by atoms with Gasteiger partial charge in [0.25, 0.3) is 0 Å². The number of halogens is 1. The second-order valence-electron chi connectivity index (χ2n) is 10.6. The Morgan fingerprint density at radius 1 is 1.00 bits per heavy atom. The smallest absolute Gasteiger partial charge is 0.165 e. The maximum atomic E-state index is 13.5. The number of fused-ring (bicyclic) bond motifs is 5. The first-order valence-corrected chi connectivity index (χ1v) is 11.8. The van der Waals surface area contributed by atoms with Crippen LogP contribution in [0.4, 0.5) is 0 Å². The van der Waals surface area contributed by atoms with E-state index in [1.165, 1.54) is 44.9 Å². The van der Waals surface area contributed by atoms with Gasteiger partial charge in [0, 0.05) is 10.4 Å². The van der Waals surface area contributed by atoms with Crippen molar-refractivity contribution in [3.63, 3.8) is 0 Å². The molecule has 0 amide bonds. The molecule has 0 heterocycles. The van der Waals surface area contributed by atoms with Crippen molar-refractivity contribution in [3.05, 3.63) is 40.4 Å². The lowest BCUT2D eigenvalue weighted by Gasteiger charge is -2.59. The summed E-state index contributed by atoms with van der Waals surface area (Å²) in [6.07, 6.45) is 13.8. The van der Waals surface area contributed by atoms with E-state index in [0.29, 0.717) is 17.1 Å². The topological polar surface area (TPSA) is 17.1 Å². The minimum absolute atomic E-state index is 0.147. The van der Waals surface area contributed by atoms with Crippen LogP contribution in [0.15, 0.2) is 29.8 Å². The van der Waals surface area contributed by atoms with Gasteiger partial charge < -0.3 is 0 Å². The average Bonchev–Trinajstić information content (AvgIpc) is 2.94. The van der Waals surface area contributed by atoms with Gasteiger partial charge in [0.15, 0.2) is 5.78 Å². The van der Waals surface area contributed by atoms with Crippen LogP contribution in [0.1, 0.15) is 77.2 Å². The number of hydrogen-bond acceptors (Lipinski definition) is 1. The molecule has 0 aromatic heterocycles. The maximum absolute atomic E-state index is 13.5. The van der Waals surface area contributed by atoms with E-state index in [0.717, 1.165) is 46.8 Å². The summed E-state index contributed by atoms with van der Waals surface area (Å²) in [6, 6.07) is 7.91. The average molecular weight is 397 g/mol. The largest absolute Gasteiger partial charge is 0.294 e. The molecule has 2 heteroatoms. The zero-order valence-electron chi connectivity index (χ0n) is 17.3. The fraction of sp³-hybridized carbons (Fsp3) is 0.654. The summed E-state index contributed by atoms with van der Waals surface area (Å²) in [7, 11) is 0. The molecular weight excluding hydrogens is 364 g/mol. The molecule has 4 aliphatic rings. The van der Waals surface area contributed by atoms with Crippen LogP contribution in [0.25, 0.3) is 6.08 Å². The van der Waals surface area contributed by atoms with E-state index in [9.17, 15) is 4.79 Å². The fourth-order valence-corrected chi connectivity index (χ4v) is 8.06. The monoisotopic (exact) mass is 396 g/mol. The Bertz CT molecular complexity index is 825. The summed E-state index contributed by atoms with van der Waals surface area (Å²) in [5, 5.41) is 0.746. The number of benzene rings is 1. The standard InChI is InChI=1S/C26H33ClO/c1-25-13-6-5-8-19(25)10-11-20-21(25)12-14-26(2)22(20)16-18(24(26)28)15-17-7-3-4-9-23(17)27/h3-4,7,9,15,19-22H,5-6,8,10-14,16H2,1-2H3/b18-15+/t19-,20+,21-,22+,25+,26+/m1/s1. The van der Waals surface area contributed by atoms with Gasteiger partial charge in [-0.2, -0.15) is 0 Å². The van der Waals surface area contributed by atoms with Crippen LogP contribution in [0, 0.1) is 34.5 Å². The number of hydrogen-bond donors (Lipinski definition) is 0. The highest BCUT2D eigenvalue weighted by molar-refractivity contribution is 6.32. The first kappa shape index (κ1) is 18.9. The fourth-order valence-electron chi connectivity index (χ4n) is 7.87. The van der Waals surface area contributed by atoms with Gasteiger partial charge in [-0.1, -0.05) is 56.5 Å². The minimum atomic E-state index is -0.147. The molecule has 150 valence electrons. The van der Waals surface area contributed by atoms with Gasteiger partial charge in [-0.25, -0.2) is 0 Å². The molecule has 0 unspecified atom stereocenters. The summed E-state index contributed by atoms with van der Waals surface area (Å²) in [5.41, 5.74) is 2.40. The zero-order valence-corrected chi connectivity index (χ0v) is 18.1. The minimum Gasteiger partial charge on any atom is -0.294 e. The summed E-state index contributed by atoms with van der Waals surface area (Å²) in [4.78, 5) is 13.5. The van der Waals surface area contributed by atoms with E-state index in [-0.39, 0.29) is 5.41 Å². The van der Waals surface area contributed by atoms with E-state index in [4.69, 9.17) is 11.6 Å². The van der Waals surface area contributed by atoms with E-state index < -0.39 is 0 Å². The van der Waals surface area contributed by atoms with Gasteiger partial charge >= 0.3 is 0 Å². The quantitative estimate of drug-likeness (QED) is 0.454. The highest BCUT2D eigenvalue weighted by Crippen LogP contribution is 2.66. The van der Waals surface area contributed by atoms with Gasteiger partial charge in [-0.05, 0) is 97.3 Å². The van der Waals surface area contributed by atoms with Crippen LogP contribution < -0.4 is 0 Å². The molecule has 6 atom stereocenters. The number of carbonyl (C=O) groups excluding carboxylic acids is 1. The number of allylic oxidation sites excluding steroid dienone is 1. The molecule has 0 N–H and O–H groups in total. The van der Waals surface area contributed by atoms with Crippen LogP contribution in [-0.4, -0.2) is 5.78 Å². The van der Waals surface area contributed by atoms with E-state index >= 15 is 0 Å². The molecule has 4 fully saturated rings. The van der Waals surface area contributed by atoms with Crippen LogP contribution in [0.5, 0.6) is 0 Å². The number of Topliss-reactive ketones (excluding diaryl/α,β-unsaturated/α-hetero) is 1. The second kappa shape index (κ2) is 6.73. The molecule has 0 spiro atoms. The molecular formula is C26H33ClO. The molecule has 1 nitrogen and oxygen atoms in total. The van der Waals surface area contributed by atoms with Crippen LogP contribution in [-0.2, 0) is 4.79 Å². The van der Waals surface area contributed by atoms with Crippen LogP contribution in [0.2, 0.25) is 5.02 Å². The number of rotatable bonds is 1. The van der Waals surface area contributed by atoms with Crippen molar-refractivity contribution in [2.45, 2.75) is 71.6 Å². The Balaban J connectivity index is 1.48. The molecule has 28 heavy (non-hydrogen) atoms. The number of ketones is 1. The predicted octanol–water partition coefficient (Wildman–Crippen LogP) is 7.34. The Morgan fingerprint density at radius 3 is 2.64 bits per heavy atom. The number of carbonyl (C=O) groups is 1. The highest BCUT2D eigenvalue weighted by atomic mass is 35.5. The van der Waals surface area contributed by atoms with Crippen molar-refractivity contribution in [1.82, 2.24) is 0 Å². The van der Waals surface area contributed by atoms with Gasteiger partial charge in [0.2, 0.25) is 0 Å². The Hall–Kier alpha value is -1.08. The predicted molar refractivity (Wildman–Crippen MR) is 116 cm³/mol. The lowest BCUT2D eigenvalue weighted by Crippen LogP contribution is -2.52. The van der Waals surface area contributed by atoms with E-state index in [1.807, 2.05) is 24.3 Å². The van der Waals surface area contributed by atoms with Gasteiger partial charge in [0.1, 0.15) is 0 Å². The van der Waals surface area contributed by atoms with Gasteiger partial charge in [-0.15, -0.1) is 0 Å². The van der Waals surface area contributed by atoms with Crippen molar-refractivity contribution in [1.29, 1.82) is 0 Å². The second-order valence-corrected chi connectivity index (χ2v) is 11.0. The van der Waals surface area contributed by atoms with E-state index in [1.54, 1.807) is 0 Å². The summed E-state index contributed by atoms with van der Waals surface area (Å²) in [5.74, 6) is 3.44. The van der Waals surface area contributed by atoms with Crippen molar-refractivity contribution in [3.8, 4) is 0 Å². The van der Waals surface area contributed by atoms with Crippen molar-refractivity contribution < 1.29 is 4.79 Å². The van der Waals surface area contributed by atoms with Crippen LogP contribution in [0.3, 0.4) is 0 Å². The molecule has 1 aromatic rings. The molecule has 4 aliphatic carbocycles. The molecule has 0 radical (unpaired) electrons. The first-order valence-electron chi connectivity index (χ1n) is 11.4. The Kier molecular flexibility index (Phi) is 4.54. The third-order valence-corrected chi connectivity index (χ3v) is 9.80. The highest BCUT2D eigenvalue weighted by Gasteiger charge is 2.60. The van der Waals surface area contributed by atoms with E-state index in [2.05, 4.69) is 19.9 Å². The third-order valence-electron chi connectivity index (χ3n) is 9.46. The van der Waals surface area contributed by atoms with Crippen molar-refractivity contribution in [2.24, 2.45) is 34.5 Å². The third kappa shape index (κ3) is 2.68. The first-order chi connectivity index (χ1) is 13.4. The van der Waals surface area contributed by atoms with Gasteiger partial charge in [-0.3, -0.25) is 4.79 Å². The molecule has 4 saturated carbocycles. The normalized spacial score (nSPS) is 44.1. The Labute approximate surface area is 174 Å². The Morgan fingerprint density at radius 2 is 1.82 bits per heavy atom. The molecule has 0 bridgehead atoms. The molecule has 5 rings (SSSR count). The SMILES string of the molecule is C[C@]12CCCC[C@@H]1CC[C@H]1[C@H]2CC[C@]2(C)C(=O)/C(=C/c3ccccc3Cl)C[C@@H]12. The lowest BCUT2D eigenvalue weighted by molar-refractivity contribution is -0.137. The molecule has 1 aromatic carbocycles. The van der Waals surface area contributed by atoms with Crippen molar-refractivity contribution in [2.75, 3.05) is 0 Å². The lowest BCUT2D eigenvalue weighted by atomic mass is 9.45. The summed E-state index contributed by atoms with van der Waals surface area (Å²) in [6.45, 7) is 4.88. The van der Waals surface area contributed by atoms with Crippen LogP contribution >= 0.6 is 11.6 Å². The molecule has 0 aliphatic heterocycles.